The third-order valence-electron chi connectivity index (χ3n) is 5.48. The number of nitrogens with zero attached hydrogens (tertiary/aromatic N) is 3. The van der Waals surface area contributed by atoms with Gasteiger partial charge in [0.15, 0.2) is 11.0 Å². The Morgan fingerprint density at radius 3 is 2.67 bits per heavy atom. The van der Waals surface area contributed by atoms with E-state index in [4.69, 9.17) is 32.7 Å². The highest BCUT2D eigenvalue weighted by molar-refractivity contribution is 7.99. The number of hydrogen-bond donors (Lipinski definition) is 1. The van der Waals surface area contributed by atoms with Crippen molar-refractivity contribution < 1.29 is 19.1 Å². The molecule has 2 aromatic carbocycles. The molecule has 0 atom stereocenters. The third-order valence-corrected chi connectivity index (χ3v) is 7.89. The Kier molecular flexibility index (Phi) is 9.68. The lowest BCUT2D eigenvalue weighted by molar-refractivity contribution is -0.113. The van der Waals surface area contributed by atoms with Gasteiger partial charge in [0.25, 0.3) is 0 Å². The number of esters is 1. The van der Waals surface area contributed by atoms with Gasteiger partial charge in [0.1, 0.15) is 22.9 Å². The molecule has 1 N–H and O–H groups in total. The Bertz CT molecular complexity index is 1500. The number of halogens is 2. The van der Waals surface area contributed by atoms with Crippen molar-refractivity contribution >= 4 is 63.2 Å². The molecule has 0 spiro atoms. The van der Waals surface area contributed by atoms with E-state index in [0.717, 1.165) is 11.1 Å². The molecule has 8 nitrogen and oxygen atoms in total. The fraction of sp³-hybridized carbons (Fsp3) is 0.185. The van der Waals surface area contributed by atoms with Crippen molar-refractivity contribution in [1.82, 2.24) is 14.8 Å². The zero-order chi connectivity index (χ0) is 27.9. The van der Waals surface area contributed by atoms with E-state index in [1.807, 2.05) is 36.6 Å². The van der Waals surface area contributed by atoms with E-state index in [2.05, 4.69) is 22.1 Å². The normalized spacial score (nSPS) is 10.8. The average Bonchev–Trinajstić information content (AvgIpc) is 3.52. The van der Waals surface area contributed by atoms with Crippen LogP contribution in [0.25, 0.3) is 11.1 Å². The molecule has 0 bridgehead atoms. The summed E-state index contributed by atoms with van der Waals surface area (Å²) in [6.07, 6.45) is 1.70. The first-order chi connectivity index (χ1) is 18.8. The monoisotopic (exact) mass is 602 g/mol. The smallest absolute Gasteiger partial charge is 0.341 e. The number of nitrogens with one attached hydrogen (secondary N) is 1. The number of thiophene rings is 1. The van der Waals surface area contributed by atoms with Crippen LogP contribution in [0.2, 0.25) is 10.0 Å². The van der Waals surface area contributed by atoms with E-state index in [-0.39, 0.29) is 18.3 Å². The SMILES string of the molecule is C=CCn1c(COc2cc(Cl)ccc2Cl)nnc1SCC(=O)Nc1scc(-c2ccc(C)cc2)c1C(=O)OC. The summed E-state index contributed by atoms with van der Waals surface area (Å²) in [4.78, 5) is 25.5. The number of thioether (sulfide) groups is 1. The molecule has 0 aliphatic rings. The van der Waals surface area contributed by atoms with Gasteiger partial charge in [-0.1, -0.05) is 70.9 Å². The molecule has 4 aromatic rings. The number of anilines is 1. The van der Waals surface area contributed by atoms with E-state index in [0.29, 0.717) is 49.4 Å². The summed E-state index contributed by atoms with van der Waals surface area (Å²) in [5, 5.41) is 14.9. The Hall–Kier alpha value is -3.31. The van der Waals surface area contributed by atoms with Crippen LogP contribution in [0.5, 0.6) is 5.75 Å². The highest BCUT2D eigenvalue weighted by Gasteiger charge is 2.23. The number of amides is 1. The molecule has 0 radical (unpaired) electrons. The van der Waals surface area contributed by atoms with Gasteiger partial charge in [0.05, 0.1) is 17.9 Å². The maximum atomic E-state index is 12.9. The highest BCUT2D eigenvalue weighted by Crippen LogP contribution is 2.36. The molecular weight excluding hydrogens is 579 g/mol. The van der Waals surface area contributed by atoms with Gasteiger partial charge < -0.3 is 14.8 Å². The van der Waals surface area contributed by atoms with Gasteiger partial charge in [-0.25, -0.2) is 4.79 Å². The summed E-state index contributed by atoms with van der Waals surface area (Å²) in [7, 11) is 1.31. The van der Waals surface area contributed by atoms with Crippen LogP contribution in [-0.2, 0) is 22.7 Å². The molecule has 12 heteroatoms. The van der Waals surface area contributed by atoms with Gasteiger partial charge in [-0.3, -0.25) is 9.36 Å². The van der Waals surface area contributed by atoms with E-state index in [9.17, 15) is 9.59 Å². The maximum absolute atomic E-state index is 12.9. The topological polar surface area (TPSA) is 95.3 Å². The summed E-state index contributed by atoms with van der Waals surface area (Å²) < 4.78 is 12.6. The molecule has 1 amide bonds. The summed E-state index contributed by atoms with van der Waals surface area (Å²) in [6, 6.07) is 12.7. The van der Waals surface area contributed by atoms with Gasteiger partial charge in [-0.2, -0.15) is 0 Å². The van der Waals surface area contributed by atoms with E-state index < -0.39 is 5.97 Å². The number of carbonyl (C=O) groups is 2. The number of benzene rings is 2. The molecular formula is C27H24Cl2N4O4S2. The number of carbonyl (C=O) groups excluding carboxylic acids is 2. The number of aryl methyl sites for hydroxylation is 1. The minimum atomic E-state index is -0.523. The van der Waals surface area contributed by atoms with Gasteiger partial charge >= 0.3 is 5.97 Å². The second-order valence-electron chi connectivity index (χ2n) is 8.21. The number of allylic oxidation sites excluding steroid dienone is 1. The minimum Gasteiger partial charge on any atom is -0.484 e. The molecule has 2 aromatic heterocycles. The van der Waals surface area contributed by atoms with E-state index >= 15 is 0 Å². The van der Waals surface area contributed by atoms with Crippen LogP contribution in [0.3, 0.4) is 0 Å². The fourth-order valence-electron chi connectivity index (χ4n) is 3.57. The minimum absolute atomic E-state index is 0.0363. The Balaban J connectivity index is 1.45. The standard InChI is InChI=1S/C27H24Cl2N4O4S2/c1-4-11-33-22(13-37-21-12-18(28)9-10-20(21)29)31-32-27(33)39-15-23(34)30-25-24(26(35)36-3)19(14-38-25)17-7-5-16(2)6-8-17/h4-10,12,14H,1,11,13,15H2,2-3H3,(H,30,34). The number of rotatable bonds is 11. The molecule has 202 valence electrons. The van der Waals surface area contributed by atoms with Crippen LogP contribution < -0.4 is 10.1 Å². The number of ether oxygens (including phenoxy) is 2. The van der Waals surface area contributed by atoms with Crippen molar-refractivity contribution in [2.45, 2.75) is 25.2 Å². The lowest BCUT2D eigenvalue weighted by Crippen LogP contribution is -2.16. The van der Waals surface area contributed by atoms with Crippen molar-refractivity contribution in [2.24, 2.45) is 0 Å². The number of hydrogen-bond acceptors (Lipinski definition) is 8. The molecule has 0 fully saturated rings. The second-order valence-corrected chi connectivity index (χ2v) is 10.9. The van der Waals surface area contributed by atoms with Crippen molar-refractivity contribution in [1.29, 1.82) is 0 Å². The van der Waals surface area contributed by atoms with Gasteiger partial charge in [0.2, 0.25) is 5.91 Å². The predicted octanol–water partition coefficient (Wildman–Crippen LogP) is 6.90. The maximum Gasteiger partial charge on any atom is 0.341 e. The molecule has 0 aliphatic carbocycles. The van der Waals surface area contributed by atoms with E-state index in [1.165, 1.54) is 30.2 Å². The van der Waals surface area contributed by atoms with Crippen LogP contribution in [0.15, 0.2) is 65.7 Å². The van der Waals surface area contributed by atoms with Gasteiger partial charge in [-0.15, -0.1) is 28.1 Å². The molecule has 0 saturated heterocycles. The molecule has 0 aliphatic heterocycles. The van der Waals surface area contributed by atoms with Gasteiger partial charge in [-0.05, 0) is 24.6 Å². The zero-order valence-electron chi connectivity index (χ0n) is 21.1. The van der Waals surface area contributed by atoms with Crippen LogP contribution in [0.4, 0.5) is 5.00 Å². The highest BCUT2D eigenvalue weighted by atomic mass is 35.5. The lowest BCUT2D eigenvalue weighted by atomic mass is 10.0. The van der Waals surface area contributed by atoms with Crippen molar-refractivity contribution in [2.75, 3.05) is 18.2 Å². The van der Waals surface area contributed by atoms with Crippen molar-refractivity contribution in [3.05, 3.63) is 87.5 Å². The average molecular weight is 604 g/mol. The first-order valence-electron chi connectivity index (χ1n) is 11.6. The first-order valence-corrected chi connectivity index (χ1v) is 14.2. The fourth-order valence-corrected chi connectivity index (χ4v) is 5.64. The Morgan fingerprint density at radius 2 is 1.95 bits per heavy atom. The summed E-state index contributed by atoms with van der Waals surface area (Å²) in [5.74, 6) is 0.161. The van der Waals surface area contributed by atoms with Crippen LogP contribution >= 0.6 is 46.3 Å². The number of methoxy groups -OCH3 is 1. The van der Waals surface area contributed by atoms with Crippen molar-refractivity contribution in [3.63, 3.8) is 0 Å². The lowest BCUT2D eigenvalue weighted by Gasteiger charge is -2.10. The van der Waals surface area contributed by atoms with Crippen molar-refractivity contribution in [3.8, 4) is 16.9 Å². The first kappa shape index (κ1) is 28.7. The Morgan fingerprint density at radius 1 is 1.18 bits per heavy atom. The van der Waals surface area contributed by atoms with Crippen LogP contribution in [0.1, 0.15) is 21.7 Å². The van der Waals surface area contributed by atoms with Crippen LogP contribution in [-0.4, -0.2) is 39.5 Å². The largest absolute Gasteiger partial charge is 0.484 e. The Labute approximate surface area is 243 Å². The summed E-state index contributed by atoms with van der Waals surface area (Å²) in [6.45, 7) is 6.28. The zero-order valence-corrected chi connectivity index (χ0v) is 24.2. The second kappa shape index (κ2) is 13.2. The predicted molar refractivity (Wildman–Crippen MR) is 156 cm³/mol. The summed E-state index contributed by atoms with van der Waals surface area (Å²) >= 11 is 14.7. The molecule has 4 rings (SSSR count). The summed E-state index contributed by atoms with van der Waals surface area (Å²) in [5.41, 5.74) is 2.98. The quantitative estimate of drug-likeness (QED) is 0.113. The molecule has 2 heterocycles. The van der Waals surface area contributed by atoms with Crippen LogP contribution in [0, 0.1) is 6.92 Å². The molecule has 39 heavy (non-hydrogen) atoms. The molecule has 0 saturated carbocycles. The van der Waals surface area contributed by atoms with E-state index in [1.54, 1.807) is 28.8 Å². The number of aromatic nitrogens is 3. The third kappa shape index (κ3) is 7.02. The molecule has 0 unspecified atom stereocenters. The van der Waals surface area contributed by atoms with Gasteiger partial charge in [0, 0.05) is 28.6 Å².